The standard InChI is InChI=1S/C11H19N3/c1-11(2,12)6-8-14(3)10-5-4-7-13-9-10/h4-5,7,9H,6,8,12H2,1-3H3. The van der Waals surface area contributed by atoms with Crippen molar-refractivity contribution in [1.82, 2.24) is 4.98 Å². The summed E-state index contributed by atoms with van der Waals surface area (Å²) in [6.07, 6.45) is 4.62. The molecule has 0 saturated heterocycles. The summed E-state index contributed by atoms with van der Waals surface area (Å²) in [6, 6.07) is 4.00. The minimum Gasteiger partial charge on any atom is -0.373 e. The molecule has 0 aromatic carbocycles. The highest BCUT2D eigenvalue weighted by molar-refractivity contribution is 5.42. The van der Waals surface area contributed by atoms with Crippen LogP contribution in [0.15, 0.2) is 24.5 Å². The summed E-state index contributed by atoms with van der Waals surface area (Å²) in [4.78, 5) is 6.25. The lowest BCUT2D eigenvalue weighted by Gasteiger charge is -2.24. The first kappa shape index (κ1) is 11.0. The molecule has 0 atom stereocenters. The van der Waals surface area contributed by atoms with E-state index >= 15 is 0 Å². The molecule has 0 unspecified atom stereocenters. The van der Waals surface area contributed by atoms with Gasteiger partial charge in [0.25, 0.3) is 0 Å². The highest BCUT2D eigenvalue weighted by atomic mass is 15.1. The van der Waals surface area contributed by atoms with Crippen LogP contribution in [0.5, 0.6) is 0 Å². The molecule has 0 spiro atoms. The summed E-state index contributed by atoms with van der Waals surface area (Å²) >= 11 is 0. The first-order valence-electron chi connectivity index (χ1n) is 4.89. The van der Waals surface area contributed by atoms with Gasteiger partial charge in [-0.2, -0.15) is 0 Å². The first-order valence-corrected chi connectivity index (χ1v) is 4.89. The summed E-state index contributed by atoms with van der Waals surface area (Å²) in [5.41, 5.74) is 6.95. The Morgan fingerprint density at radius 2 is 2.21 bits per heavy atom. The van der Waals surface area contributed by atoms with E-state index in [9.17, 15) is 0 Å². The van der Waals surface area contributed by atoms with Gasteiger partial charge in [-0.05, 0) is 32.4 Å². The summed E-state index contributed by atoms with van der Waals surface area (Å²) in [5.74, 6) is 0. The molecule has 1 aromatic rings. The third kappa shape index (κ3) is 3.75. The normalized spacial score (nSPS) is 11.4. The van der Waals surface area contributed by atoms with Crippen molar-refractivity contribution in [2.75, 3.05) is 18.5 Å². The molecule has 1 rings (SSSR count). The minimum atomic E-state index is -0.101. The molecule has 3 nitrogen and oxygen atoms in total. The van der Waals surface area contributed by atoms with Crippen LogP contribution in [0.25, 0.3) is 0 Å². The van der Waals surface area contributed by atoms with Gasteiger partial charge >= 0.3 is 0 Å². The van der Waals surface area contributed by atoms with Crippen LogP contribution in [0.4, 0.5) is 5.69 Å². The maximum atomic E-state index is 5.92. The van der Waals surface area contributed by atoms with Gasteiger partial charge in [-0.3, -0.25) is 4.98 Å². The highest BCUT2D eigenvalue weighted by Crippen LogP contribution is 2.12. The van der Waals surface area contributed by atoms with Crippen LogP contribution in [-0.4, -0.2) is 24.1 Å². The van der Waals surface area contributed by atoms with Gasteiger partial charge < -0.3 is 10.6 Å². The molecular formula is C11H19N3. The smallest absolute Gasteiger partial charge is 0.0550 e. The van der Waals surface area contributed by atoms with E-state index in [-0.39, 0.29) is 5.54 Å². The predicted molar refractivity (Wildman–Crippen MR) is 60.4 cm³/mol. The Labute approximate surface area is 85.9 Å². The van der Waals surface area contributed by atoms with Crippen LogP contribution < -0.4 is 10.6 Å². The molecule has 0 bridgehead atoms. The second kappa shape index (κ2) is 4.42. The fourth-order valence-corrected chi connectivity index (χ4v) is 1.16. The summed E-state index contributed by atoms with van der Waals surface area (Å²) in [7, 11) is 2.06. The van der Waals surface area contributed by atoms with E-state index < -0.39 is 0 Å². The Morgan fingerprint density at radius 3 is 2.71 bits per heavy atom. The Hall–Kier alpha value is -1.09. The maximum absolute atomic E-state index is 5.92. The number of pyridine rings is 1. The lowest BCUT2D eigenvalue weighted by atomic mass is 10.0. The number of nitrogens with two attached hydrogens (primary N) is 1. The summed E-state index contributed by atoms with van der Waals surface area (Å²) in [6.45, 7) is 5.04. The van der Waals surface area contributed by atoms with E-state index in [0.29, 0.717) is 0 Å². The molecule has 1 aromatic heterocycles. The Bertz CT molecular complexity index is 264. The summed E-state index contributed by atoms with van der Waals surface area (Å²) in [5, 5.41) is 0. The van der Waals surface area contributed by atoms with Crippen LogP contribution >= 0.6 is 0 Å². The van der Waals surface area contributed by atoms with Crippen molar-refractivity contribution in [3.8, 4) is 0 Å². The van der Waals surface area contributed by atoms with Crippen LogP contribution in [0.3, 0.4) is 0 Å². The molecule has 0 saturated carbocycles. The quantitative estimate of drug-likeness (QED) is 0.790. The topological polar surface area (TPSA) is 42.1 Å². The third-order valence-electron chi connectivity index (χ3n) is 2.18. The molecule has 0 fully saturated rings. The van der Waals surface area contributed by atoms with Gasteiger partial charge in [-0.15, -0.1) is 0 Å². The molecular weight excluding hydrogens is 174 g/mol. The average molecular weight is 193 g/mol. The third-order valence-corrected chi connectivity index (χ3v) is 2.18. The molecule has 2 N–H and O–H groups in total. The van der Waals surface area contributed by atoms with Crippen molar-refractivity contribution in [3.63, 3.8) is 0 Å². The molecule has 1 heterocycles. The van der Waals surface area contributed by atoms with Crippen molar-refractivity contribution in [2.24, 2.45) is 5.73 Å². The Balaban J connectivity index is 2.48. The number of hydrogen-bond donors (Lipinski definition) is 1. The van der Waals surface area contributed by atoms with Gasteiger partial charge in [0.1, 0.15) is 0 Å². The van der Waals surface area contributed by atoms with E-state index in [1.165, 1.54) is 0 Å². The predicted octanol–water partition coefficient (Wildman–Crippen LogP) is 1.65. The van der Waals surface area contributed by atoms with E-state index in [1.807, 2.05) is 26.1 Å². The van der Waals surface area contributed by atoms with Gasteiger partial charge in [0, 0.05) is 25.3 Å². The summed E-state index contributed by atoms with van der Waals surface area (Å²) < 4.78 is 0. The average Bonchev–Trinajstić information content (AvgIpc) is 2.14. The number of rotatable bonds is 4. The number of hydrogen-bond acceptors (Lipinski definition) is 3. The highest BCUT2D eigenvalue weighted by Gasteiger charge is 2.11. The SMILES string of the molecule is CN(CCC(C)(C)N)c1cccnc1. The van der Waals surface area contributed by atoms with Crippen molar-refractivity contribution in [1.29, 1.82) is 0 Å². The Morgan fingerprint density at radius 1 is 1.50 bits per heavy atom. The molecule has 3 heteroatoms. The number of anilines is 1. The largest absolute Gasteiger partial charge is 0.373 e. The van der Waals surface area contributed by atoms with E-state index in [0.717, 1.165) is 18.7 Å². The van der Waals surface area contributed by atoms with Crippen molar-refractivity contribution in [3.05, 3.63) is 24.5 Å². The second-order valence-electron chi connectivity index (χ2n) is 4.37. The zero-order chi connectivity index (χ0) is 10.6. The van der Waals surface area contributed by atoms with Crippen LogP contribution in [-0.2, 0) is 0 Å². The molecule has 0 aliphatic carbocycles. The maximum Gasteiger partial charge on any atom is 0.0550 e. The van der Waals surface area contributed by atoms with E-state index in [4.69, 9.17) is 5.73 Å². The van der Waals surface area contributed by atoms with Crippen LogP contribution in [0.1, 0.15) is 20.3 Å². The van der Waals surface area contributed by atoms with Gasteiger partial charge in [0.05, 0.1) is 11.9 Å². The van der Waals surface area contributed by atoms with Crippen molar-refractivity contribution < 1.29 is 0 Å². The van der Waals surface area contributed by atoms with Crippen LogP contribution in [0.2, 0.25) is 0 Å². The molecule has 0 aliphatic heterocycles. The zero-order valence-corrected chi connectivity index (χ0v) is 9.20. The minimum absolute atomic E-state index is 0.101. The number of nitrogens with zero attached hydrogens (tertiary/aromatic N) is 2. The molecule has 14 heavy (non-hydrogen) atoms. The second-order valence-corrected chi connectivity index (χ2v) is 4.37. The fraction of sp³-hybridized carbons (Fsp3) is 0.545. The Kier molecular flexibility index (Phi) is 3.47. The van der Waals surface area contributed by atoms with Crippen molar-refractivity contribution in [2.45, 2.75) is 25.8 Å². The van der Waals surface area contributed by atoms with Crippen molar-refractivity contribution >= 4 is 5.69 Å². The zero-order valence-electron chi connectivity index (χ0n) is 9.20. The lowest BCUT2D eigenvalue weighted by Crippen LogP contribution is -2.36. The molecule has 0 radical (unpaired) electrons. The monoisotopic (exact) mass is 193 g/mol. The van der Waals surface area contributed by atoms with E-state index in [2.05, 4.69) is 23.0 Å². The van der Waals surface area contributed by atoms with Gasteiger partial charge in [-0.1, -0.05) is 0 Å². The molecule has 78 valence electrons. The van der Waals surface area contributed by atoms with Gasteiger partial charge in [0.2, 0.25) is 0 Å². The number of aromatic nitrogens is 1. The van der Waals surface area contributed by atoms with Gasteiger partial charge in [0.15, 0.2) is 0 Å². The first-order chi connectivity index (χ1) is 6.49. The van der Waals surface area contributed by atoms with Crippen LogP contribution in [0, 0.1) is 0 Å². The molecule has 0 amide bonds. The fourth-order valence-electron chi connectivity index (χ4n) is 1.16. The van der Waals surface area contributed by atoms with E-state index in [1.54, 1.807) is 6.20 Å². The lowest BCUT2D eigenvalue weighted by molar-refractivity contribution is 0.479. The molecule has 0 aliphatic rings. The van der Waals surface area contributed by atoms with Gasteiger partial charge in [-0.25, -0.2) is 0 Å².